The van der Waals surface area contributed by atoms with E-state index in [-0.39, 0.29) is 0 Å². The van der Waals surface area contributed by atoms with Gasteiger partial charge in [0.15, 0.2) is 0 Å². The van der Waals surface area contributed by atoms with Crippen LogP contribution in [0.3, 0.4) is 0 Å². The zero-order chi connectivity index (χ0) is 11.1. The fraction of sp³-hybridized carbons (Fsp3) is 0.417. The normalized spacial score (nSPS) is 20.8. The average molecular weight is 280 g/mol. The zero-order valence-corrected chi connectivity index (χ0v) is 10.8. The van der Waals surface area contributed by atoms with Crippen LogP contribution in [-0.4, -0.2) is 22.9 Å². The number of halogens is 1. The standard InChI is InChI=1S/C12H14BrN3/c1-16-11-3-2-8(9-4-5-14-7-9)6-10(11)12(13)15-16/h2-3,6,9,14H,4-5,7H2,1H3. The number of aryl methyl sites for hydroxylation is 1. The lowest BCUT2D eigenvalue weighted by molar-refractivity contribution is 0.764. The molecule has 1 aromatic heterocycles. The van der Waals surface area contributed by atoms with Crippen molar-refractivity contribution in [1.29, 1.82) is 0 Å². The first-order valence-electron chi connectivity index (χ1n) is 5.58. The lowest BCUT2D eigenvalue weighted by Crippen LogP contribution is -2.07. The van der Waals surface area contributed by atoms with Crippen LogP contribution in [0.4, 0.5) is 0 Å². The molecule has 3 nitrogen and oxygen atoms in total. The number of hydrogen-bond donors (Lipinski definition) is 1. The molecule has 1 aliphatic rings. The second-order valence-corrected chi connectivity index (χ2v) is 5.13. The van der Waals surface area contributed by atoms with Gasteiger partial charge in [-0.25, -0.2) is 0 Å². The largest absolute Gasteiger partial charge is 0.316 e. The minimum atomic E-state index is 0.663. The third-order valence-electron chi connectivity index (χ3n) is 3.36. The minimum absolute atomic E-state index is 0.663. The topological polar surface area (TPSA) is 29.9 Å². The Bertz CT molecular complexity index is 526. The summed E-state index contributed by atoms with van der Waals surface area (Å²) in [6.45, 7) is 2.24. The van der Waals surface area contributed by atoms with Crippen molar-refractivity contribution in [3.05, 3.63) is 28.4 Å². The molecule has 1 N–H and O–H groups in total. The number of fused-ring (bicyclic) bond motifs is 1. The van der Waals surface area contributed by atoms with E-state index in [2.05, 4.69) is 44.5 Å². The van der Waals surface area contributed by atoms with Crippen molar-refractivity contribution in [1.82, 2.24) is 15.1 Å². The Morgan fingerprint density at radius 1 is 1.50 bits per heavy atom. The molecule has 1 saturated heterocycles. The van der Waals surface area contributed by atoms with Gasteiger partial charge >= 0.3 is 0 Å². The molecule has 3 rings (SSSR count). The molecule has 0 saturated carbocycles. The van der Waals surface area contributed by atoms with Gasteiger partial charge in [-0.15, -0.1) is 0 Å². The fourth-order valence-corrected chi connectivity index (χ4v) is 2.99. The van der Waals surface area contributed by atoms with Crippen LogP contribution >= 0.6 is 15.9 Å². The average Bonchev–Trinajstić information content (AvgIpc) is 2.88. The molecule has 1 unspecified atom stereocenters. The Hall–Kier alpha value is -0.870. The minimum Gasteiger partial charge on any atom is -0.316 e. The molecule has 1 fully saturated rings. The van der Waals surface area contributed by atoms with Crippen LogP contribution in [0.1, 0.15) is 17.9 Å². The van der Waals surface area contributed by atoms with Gasteiger partial charge in [0.05, 0.1) is 5.52 Å². The summed E-state index contributed by atoms with van der Waals surface area (Å²) in [5.41, 5.74) is 2.60. The van der Waals surface area contributed by atoms with Crippen LogP contribution in [0.15, 0.2) is 22.8 Å². The Morgan fingerprint density at radius 3 is 3.12 bits per heavy atom. The lowest BCUT2D eigenvalue weighted by Gasteiger charge is -2.08. The van der Waals surface area contributed by atoms with E-state index in [0.717, 1.165) is 17.7 Å². The molecule has 0 bridgehead atoms. The maximum absolute atomic E-state index is 4.38. The van der Waals surface area contributed by atoms with Crippen LogP contribution in [0.25, 0.3) is 10.9 Å². The first-order chi connectivity index (χ1) is 7.75. The monoisotopic (exact) mass is 279 g/mol. The van der Waals surface area contributed by atoms with E-state index in [9.17, 15) is 0 Å². The van der Waals surface area contributed by atoms with Crippen molar-refractivity contribution in [2.24, 2.45) is 7.05 Å². The highest BCUT2D eigenvalue weighted by molar-refractivity contribution is 9.10. The van der Waals surface area contributed by atoms with Crippen molar-refractivity contribution in [2.45, 2.75) is 12.3 Å². The molecule has 1 aromatic carbocycles. The predicted molar refractivity (Wildman–Crippen MR) is 68.6 cm³/mol. The fourth-order valence-electron chi connectivity index (χ4n) is 2.43. The van der Waals surface area contributed by atoms with Crippen LogP contribution in [-0.2, 0) is 7.05 Å². The highest BCUT2D eigenvalue weighted by atomic mass is 79.9. The van der Waals surface area contributed by atoms with Gasteiger partial charge in [-0.2, -0.15) is 5.10 Å². The maximum atomic E-state index is 4.38. The first kappa shape index (κ1) is 10.3. The molecule has 1 aliphatic heterocycles. The number of hydrogen-bond acceptors (Lipinski definition) is 2. The summed E-state index contributed by atoms with van der Waals surface area (Å²) >= 11 is 3.51. The van der Waals surface area contributed by atoms with Crippen LogP contribution in [0, 0.1) is 0 Å². The molecule has 0 radical (unpaired) electrons. The molecule has 2 aromatic rings. The Labute approximate surface area is 103 Å². The summed E-state index contributed by atoms with van der Waals surface area (Å²) in [6, 6.07) is 6.67. The molecular formula is C12H14BrN3. The number of nitrogens with zero attached hydrogens (tertiary/aromatic N) is 2. The molecule has 84 valence electrons. The van der Waals surface area contributed by atoms with Crippen molar-refractivity contribution in [2.75, 3.05) is 13.1 Å². The van der Waals surface area contributed by atoms with Gasteiger partial charge in [-0.1, -0.05) is 6.07 Å². The van der Waals surface area contributed by atoms with Crippen molar-refractivity contribution < 1.29 is 0 Å². The van der Waals surface area contributed by atoms with Crippen molar-refractivity contribution in [3.63, 3.8) is 0 Å². The van der Waals surface area contributed by atoms with Gasteiger partial charge in [-0.05, 0) is 52.5 Å². The summed E-state index contributed by atoms with van der Waals surface area (Å²) in [5, 5.41) is 9.00. The third-order valence-corrected chi connectivity index (χ3v) is 3.95. The summed E-state index contributed by atoms with van der Waals surface area (Å²) in [7, 11) is 1.98. The van der Waals surface area contributed by atoms with Gasteiger partial charge in [0, 0.05) is 19.0 Å². The van der Waals surface area contributed by atoms with Gasteiger partial charge in [0.25, 0.3) is 0 Å². The summed E-state index contributed by atoms with van der Waals surface area (Å²) in [5.74, 6) is 0.663. The molecule has 1 atom stereocenters. The Balaban J connectivity index is 2.11. The number of nitrogens with one attached hydrogen (secondary N) is 1. The van der Waals surface area contributed by atoms with E-state index in [1.54, 1.807) is 0 Å². The highest BCUT2D eigenvalue weighted by Crippen LogP contribution is 2.29. The van der Waals surface area contributed by atoms with Crippen LogP contribution in [0.5, 0.6) is 0 Å². The highest BCUT2D eigenvalue weighted by Gasteiger charge is 2.17. The van der Waals surface area contributed by atoms with Gasteiger partial charge in [0.2, 0.25) is 0 Å². The quantitative estimate of drug-likeness (QED) is 0.869. The lowest BCUT2D eigenvalue weighted by atomic mass is 9.97. The molecule has 0 aliphatic carbocycles. The van der Waals surface area contributed by atoms with Crippen LogP contribution < -0.4 is 5.32 Å². The third kappa shape index (κ3) is 1.57. The summed E-state index contributed by atoms with van der Waals surface area (Å²) in [6.07, 6.45) is 1.24. The molecular weight excluding hydrogens is 266 g/mol. The van der Waals surface area contributed by atoms with Crippen molar-refractivity contribution >= 4 is 26.8 Å². The number of benzene rings is 1. The summed E-state index contributed by atoms with van der Waals surface area (Å²) in [4.78, 5) is 0. The predicted octanol–water partition coefficient (Wildman–Crippen LogP) is 2.41. The summed E-state index contributed by atoms with van der Waals surface area (Å²) < 4.78 is 2.86. The maximum Gasteiger partial charge on any atom is 0.135 e. The second-order valence-electron chi connectivity index (χ2n) is 4.38. The van der Waals surface area contributed by atoms with E-state index >= 15 is 0 Å². The van der Waals surface area contributed by atoms with E-state index in [1.165, 1.54) is 22.9 Å². The zero-order valence-electron chi connectivity index (χ0n) is 9.20. The molecule has 16 heavy (non-hydrogen) atoms. The molecule has 0 amide bonds. The van der Waals surface area contributed by atoms with E-state index in [4.69, 9.17) is 0 Å². The Kier molecular flexibility index (Phi) is 2.48. The number of aromatic nitrogens is 2. The first-order valence-corrected chi connectivity index (χ1v) is 6.38. The van der Waals surface area contributed by atoms with Crippen LogP contribution in [0.2, 0.25) is 0 Å². The van der Waals surface area contributed by atoms with E-state index < -0.39 is 0 Å². The van der Waals surface area contributed by atoms with Crippen molar-refractivity contribution in [3.8, 4) is 0 Å². The second kappa shape index (κ2) is 3.86. The van der Waals surface area contributed by atoms with Gasteiger partial charge in [0.1, 0.15) is 4.60 Å². The van der Waals surface area contributed by atoms with Gasteiger partial charge < -0.3 is 5.32 Å². The van der Waals surface area contributed by atoms with E-state index in [1.807, 2.05) is 11.7 Å². The van der Waals surface area contributed by atoms with Gasteiger partial charge in [-0.3, -0.25) is 4.68 Å². The Morgan fingerprint density at radius 2 is 2.38 bits per heavy atom. The smallest absolute Gasteiger partial charge is 0.135 e. The number of rotatable bonds is 1. The molecule has 2 heterocycles. The van der Waals surface area contributed by atoms with E-state index in [0.29, 0.717) is 5.92 Å². The SMILES string of the molecule is Cn1nc(Br)c2cc(C3CCNC3)ccc21. The molecule has 0 spiro atoms. The molecule has 4 heteroatoms.